The van der Waals surface area contributed by atoms with Gasteiger partial charge in [-0.3, -0.25) is 4.79 Å². The quantitative estimate of drug-likeness (QED) is 0.645. The Balaban J connectivity index is 2.22. The molecule has 0 aliphatic carbocycles. The van der Waals surface area contributed by atoms with Crippen LogP contribution in [0.15, 0.2) is 0 Å². The third-order valence-electron chi connectivity index (χ3n) is 1.37. The monoisotopic (exact) mass is 208 g/mol. The third-order valence-corrected chi connectivity index (χ3v) is 3.19. The highest BCUT2D eigenvalue weighted by molar-refractivity contribution is 9.09. The van der Waals surface area contributed by atoms with E-state index in [9.17, 15) is 4.79 Å². The fraction of sp³-hybridized carbons (Fsp3) is 0.833. The summed E-state index contributed by atoms with van der Waals surface area (Å²) in [5.41, 5.74) is 0. The lowest BCUT2D eigenvalue weighted by atomic mass is 10.2. The van der Waals surface area contributed by atoms with Gasteiger partial charge in [-0.25, -0.2) is 0 Å². The second-order valence-electron chi connectivity index (χ2n) is 2.15. The number of alkyl halides is 1. The molecule has 1 aliphatic rings. The van der Waals surface area contributed by atoms with Gasteiger partial charge in [0, 0.05) is 17.0 Å². The van der Waals surface area contributed by atoms with Crippen LogP contribution in [0.25, 0.3) is 0 Å². The molecular weight excluding hydrogens is 200 g/mol. The van der Waals surface area contributed by atoms with E-state index >= 15 is 0 Å². The molecule has 1 aliphatic heterocycles. The Morgan fingerprint density at radius 1 is 1.78 bits per heavy atom. The average Bonchev–Trinajstić information content (AvgIpc) is 2.17. The maximum atomic E-state index is 10.7. The molecular formula is C6H9BrOS. The van der Waals surface area contributed by atoms with Crippen molar-refractivity contribution in [2.24, 2.45) is 0 Å². The Bertz CT molecular complexity index is 116. The van der Waals surface area contributed by atoms with Gasteiger partial charge in [0.1, 0.15) is 5.78 Å². The van der Waals surface area contributed by atoms with Crippen molar-refractivity contribution in [2.45, 2.75) is 18.1 Å². The topological polar surface area (TPSA) is 17.1 Å². The first-order valence-electron chi connectivity index (χ1n) is 3.02. The number of carbonyl (C=O) groups is 1. The molecule has 0 N–H and O–H groups in total. The summed E-state index contributed by atoms with van der Waals surface area (Å²) < 4.78 is 0. The van der Waals surface area contributed by atoms with Gasteiger partial charge in [0.25, 0.3) is 0 Å². The van der Waals surface area contributed by atoms with Crippen molar-refractivity contribution in [3.8, 4) is 0 Å². The van der Waals surface area contributed by atoms with E-state index in [4.69, 9.17) is 0 Å². The van der Waals surface area contributed by atoms with Crippen LogP contribution in [-0.4, -0.2) is 22.1 Å². The average molecular weight is 209 g/mol. The van der Waals surface area contributed by atoms with Crippen molar-refractivity contribution in [1.82, 2.24) is 0 Å². The molecule has 0 aromatic rings. The van der Waals surface area contributed by atoms with E-state index in [0.29, 0.717) is 11.0 Å². The first-order chi connectivity index (χ1) is 4.33. The minimum absolute atomic E-state index is 0.422. The molecule has 1 rings (SSSR count). The number of halogens is 1. The molecule has 0 bridgehead atoms. The van der Waals surface area contributed by atoms with E-state index in [0.717, 1.165) is 23.9 Å². The number of hydrogen-bond acceptors (Lipinski definition) is 2. The lowest BCUT2D eigenvalue weighted by Crippen LogP contribution is -1.99. The fourth-order valence-corrected chi connectivity index (χ4v) is 2.87. The van der Waals surface area contributed by atoms with Gasteiger partial charge < -0.3 is 0 Å². The maximum absolute atomic E-state index is 10.7. The van der Waals surface area contributed by atoms with E-state index in [1.165, 1.54) is 0 Å². The maximum Gasteiger partial charge on any atom is 0.143 e. The van der Waals surface area contributed by atoms with Gasteiger partial charge in [0.2, 0.25) is 0 Å². The van der Waals surface area contributed by atoms with Gasteiger partial charge >= 0.3 is 0 Å². The first-order valence-corrected chi connectivity index (χ1v) is 5.19. The van der Waals surface area contributed by atoms with Crippen LogP contribution < -0.4 is 0 Å². The normalized spacial score (nSPS) is 27.2. The SMILES string of the molecule is O=C1CSC(CCBr)C1. The zero-order valence-electron chi connectivity index (χ0n) is 5.10. The van der Waals surface area contributed by atoms with Crippen molar-refractivity contribution < 1.29 is 4.79 Å². The van der Waals surface area contributed by atoms with Crippen LogP contribution in [0.3, 0.4) is 0 Å². The van der Waals surface area contributed by atoms with Crippen LogP contribution in [0.5, 0.6) is 0 Å². The van der Waals surface area contributed by atoms with Gasteiger partial charge in [-0.15, -0.1) is 0 Å². The van der Waals surface area contributed by atoms with E-state index in [-0.39, 0.29) is 0 Å². The second kappa shape index (κ2) is 3.62. The van der Waals surface area contributed by atoms with E-state index in [1.54, 1.807) is 11.8 Å². The molecule has 0 aromatic heterocycles. The second-order valence-corrected chi connectivity index (χ2v) is 4.24. The summed E-state index contributed by atoms with van der Waals surface area (Å²) in [6, 6.07) is 0. The molecule has 0 spiro atoms. The molecule has 9 heavy (non-hydrogen) atoms. The molecule has 1 atom stereocenters. The Labute approximate surface area is 67.7 Å². The summed E-state index contributed by atoms with van der Waals surface area (Å²) in [6.07, 6.45) is 1.94. The summed E-state index contributed by atoms with van der Waals surface area (Å²) in [5, 5.41) is 1.63. The molecule has 1 nitrogen and oxygen atoms in total. The van der Waals surface area contributed by atoms with Crippen LogP contribution in [0.4, 0.5) is 0 Å². The van der Waals surface area contributed by atoms with Crippen LogP contribution in [0.2, 0.25) is 0 Å². The molecule has 0 radical (unpaired) electrons. The molecule has 52 valence electrons. The number of hydrogen-bond donors (Lipinski definition) is 0. The highest BCUT2D eigenvalue weighted by Gasteiger charge is 2.21. The summed E-state index contributed by atoms with van der Waals surface area (Å²) in [7, 11) is 0. The number of Topliss-reactive ketones (excluding diaryl/α,β-unsaturated/α-hetero) is 1. The van der Waals surface area contributed by atoms with Crippen molar-refractivity contribution in [2.75, 3.05) is 11.1 Å². The third kappa shape index (κ3) is 2.30. The van der Waals surface area contributed by atoms with E-state index < -0.39 is 0 Å². The largest absolute Gasteiger partial charge is 0.299 e. The minimum atomic E-state index is 0.422. The summed E-state index contributed by atoms with van der Waals surface area (Å²) in [5.74, 6) is 1.17. The summed E-state index contributed by atoms with van der Waals surface area (Å²) in [6.45, 7) is 0. The standard InChI is InChI=1S/C6H9BrOS/c7-2-1-6-3-5(8)4-9-6/h6H,1-4H2. The lowest BCUT2D eigenvalue weighted by molar-refractivity contribution is -0.116. The van der Waals surface area contributed by atoms with Crippen molar-refractivity contribution in [3.05, 3.63) is 0 Å². The zero-order chi connectivity index (χ0) is 6.69. The van der Waals surface area contributed by atoms with Gasteiger partial charge in [0.15, 0.2) is 0 Å². The summed E-state index contributed by atoms with van der Waals surface area (Å²) >= 11 is 5.15. The van der Waals surface area contributed by atoms with Crippen molar-refractivity contribution >= 4 is 33.5 Å². The van der Waals surface area contributed by atoms with Crippen LogP contribution in [-0.2, 0) is 4.79 Å². The molecule has 3 heteroatoms. The minimum Gasteiger partial charge on any atom is -0.299 e. The molecule has 0 saturated carbocycles. The Morgan fingerprint density at radius 3 is 3.00 bits per heavy atom. The molecule has 0 amide bonds. The van der Waals surface area contributed by atoms with Crippen molar-refractivity contribution in [1.29, 1.82) is 0 Å². The lowest BCUT2D eigenvalue weighted by Gasteiger charge is -2.00. The van der Waals surface area contributed by atoms with Gasteiger partial charge in [-0.2, -0.15) is 11.8 Å². The Morgan fingerprint density at radius 2 is 2.56 bits per heavy atom. The highest BCUT2D eigenvalue weighted by Crippen LogP contribution is 2.26. The van der Waals surface area contributed by atoms with E-state index in [1.807, 2.05) is 0 Å². The molecule has 1 fully saturated rings. The Kier molecular flexibility index (Phi) is 3.06. The van der Waals surface area contributed by atoms with Crippen molar-refractivity contribution in [3.63, 3.8) is 0 Å². The zero-order valence-corrected chi connectivity index (χ0v) is 7.50. The van der Waals surface area contributed by atoms with Gasteiger partial charge in [-0.1, -0.05) is 15.9 Å². The molecule has 1 saturated heterocycles. The number of ketones is 1. The van der Waals surface area contributed by atoms with Crippen LogP contribution in [0, 0.1) is 0 Å². The Hall–Kier alpha value is 0.500. The highest BCUT2D eigenvalue weighted by atomic mass is 79.9. The fourth-order valence-electron chi connectivity index (χ4n) is 0.890. The molecule has 0 aromatic carbocycles. The van der Waals surface area contributed by atoms with Gasteiger partial charge in [0.05, 0.1) is 5.75 Å². The molecule has 1 heterocycles. The van der Waals surface area contributed by atoms with Gasteiger partial charge in [-0.05, 0) is 6.42 Å². The number of rotatable bonds is 2. The predicted octanol–water partition coefficient (Wildman–Crippen LogP) is 1.85. The van der Waals surface area contributed by atoms with Crippen LogP contribution in [0.1, 0.15) is 12.8 Å². The first kappa shape index (κ1) is 7.61. The van der Waals surface area contributed by atoms with E-state index in [2.05, 4.69) is 15.9 Å². The predicted molar refractivity (Wildman–Crippen MR) is 44.3 cm³/mol. The molecule has 1 unspecified atom stereocenters. The number of thioether (sulfide) groups is 1. The number of carbonyl (C=O) groups excluding carboxylic acids is 1. The smallest absolute Gasteiger partial charge is 0.143 e. The van der Waals surface area contributed by atoms with Crippen LogP contribution >= 0.6 is 27.7 Å². The summed E-state index contributed by atoms with van der Waals surface area (Å²) in [4.78, 5) is 10.7.